The Balaban J connectivity index is 2.41. The number of carbonyl (C=O) groups is 2. The van der Waals surface area contributed by atoms with Crippen molar-refractivity contribution in [3.63, 3.8) is 0 Å². The highest BCUT2D eigenvalue weighted by atomic mass is 16.5. The highest BCUT2D eigenvalue weighted by molar-refractivity contribution is 5.75. The van der Waals surface area contributed by atoms with E-state index in [4.69, 9.17) is 9.84 Å². The fourth-order valence-corrected chi connectivity index (χ4v) is 1.73. The maximum atomic E-state index is 11.7. The zero-order chi connectivity index (χ0) is 15.8. The summed E-state index contributed by atoms with van der Waals surface area (Å²) in [6.07, 6.45) is 1.59. The Kier molecular flexibility index (Phi) is 6.45. The van der Waals surface area contributed by atoms with E-state index < -0.39 is 17.9 Å². The lowest BCUT2D eigenvalue weighted by molar-refractivity contribution is -0.142. The molecule has 0 saturated carbocycles. The smallest absolute Gasteiger partial charge is 0.315 e. The number of urea groups is 1. The second kappa shape index (κ2) is 8.08. The summed E-state index contributed by atoms with van der Waals surface area (Å²) in [5.41, 5.74) is 0.843. The molecule has 7 nitrogen and oxygen atoms in total. The van der Waals surface area contributed by atoms with Gasteiger partial charge in [0.2, 0.25) is 5.88 Å². The van der Waals surface area contributed by atoms with Crippen LogP contribution in [-0.4, -0.2) is 35.7 Å². The Morgan fingerprint density at radius 1 is 1.38 bits per heavy atom. The number of aliphatic carboxylic acids is 1. The first-order valence-corrected chi connectivity index (χ1v) is 6.67. The fraction of sp³-hybridized carbons (Fsp3) is 0.500. The third-order valence-corrected chi connectivity index (χ3v) is 3.07. The summed E-state index contributed by atoms with van der Waals surface area (Å²) in [6.45, 7) is 4.02. The van der Waals surface area contributed by atoms with Crippen LogP contribution in [0.25, 0.3) is 0 Å². The number of carboxylic acid groups (broad SMARTS) is 1. The van der Waals surface area contributed by atoms with Crippen LogP contribution in [0.2, 0.25) is 0 Å². The van der Waals surface area contributed by atoms with E-state index in [2.05, 4.69) is 15.6 Å². The van der Waals surface area contributed by atoms with Crippen molar-refractivity contribution in [3.8, 4) is 5.88 Å². The van der Waals surface area contributed by atoms with E-state index in [0.717, 1.165) is 5.56 Å². The third kappa shape index (κ3) is 5.68. The minimum absolute atomic E-state index is 0.0488. The molecule has 0 saturated heterocycles. The van der Waals surface area contributed by atoms with Gasteiger partial charge in [0.05, 0.1) is 13.0 Å². The molecule has 0 radical (unpaired) electrons. The normalized spacial score (nSPS) is 11.8. The van der Waals surface area contributed by atoms with E-state index in [1.165, 1.54) is 7.11 Å². The minimum Gasteiger partial charge on any atom is -0.481 e. The number of nitrogens with one attached hydrogen (secondary N) is 2. The monoisotopic (exact) mass is 295 g/mol. The SMILES string of the molecule is COc1cc(CNC(=O)NCC(C(=O)O)C(C)C)ccn1. The highest BCUT2D eigenvalue weighted by Crippen LogP contribution is 2.10. The van der Waals surface area contributed by atoms with Crippen LogP contribution >= 0.6 is 0 Å². The molecule has 1 heterocycles. The minimum atomic E-state index is -0.913. The van der Waals surface area contributed by atoms with Crippen LogP contribution in [0, 0.1) is 11.8 Å². The largest absolute Gasteiger partial charge is 0.481 e. The molecule has 1 atom stereocenters. The Labute approximate surface area is 123 Å². The first-order valence-electron chi connectivity index (χ1n) is 6.67. The molecule has 1 aromatic heterocycles. The zero-order valence-electron chi connectivity index (χ0n) is 12.4. The van der Waals surface area contributed by atoms with Crippen molar-refractivity contribution in [2.75, 3.05) is 13.7 Å². The third-order valence-electron chi connectivity index (χ3n) is 3.07. The number of amides is 2. The van der Waals surface area contributed by atoms with Crippen molar-refractivity contribution >= 4 is 12.0 Å². The molecule has 21 heavy (non-hydrogen) atoms. The van der Waals surface area contributed by atoms with Gasteiger partial charge in [0.25, 0.3) is 0 Å². The van der Waals surface area contributed by atoms with Crippen LogP contribution in [0.4, 0.5) is 4.79 Å². The molecule has 1 unspecified atom stereocenters. The molecule has 0 bridgehead atoms. The molecule has 0 aliphatic heterocycles. The number of hydrogen-bond acceptors (Lipinski definition) is 4. The van der Waals surface area contributed by atoms with Crippen molar-refractivity contribution in [1.29, 1.82) is 0 Å². The van der Waals surface area contributed by atoms with Gasteiger partial charge in [0.1, 0.15) is 0 Å². The Bertz CT molecular complexity index is 491. The van der Waals surface area contributed by atoms with Gasteiger partial charge in [-0.05, 0) is 17.5 Å². The number of aromatic nitrogens is 1. The predicted octanol–water partition coefficient (Wildman–Crippen LogP) is 1.25. The lowest BCUT2D eigenvalue weighted by Gasteiger charge is -2.17. The van der Waals surface area contributed by atoms with Crippen molar-refractivity contribution in [1.82, 2.24) is 15.6 Å². The maximum Gasteiger partial charge on any atom is 0.315 e. The van der Waals surface area contributed by atoms with Gasteiger partial charge in [0.15, 0.2) is 0 Å². The molecule has 0 fully saturated rings. The van der Waals surface area contributed by atoms with E-state index in [1.54, 1.807) is 18.3 Å². The Hall–Kier alpha value is -2.31. The lowest BCUT2D eigenvalue weighted by atomic mass is 9.96. The van der Waals surface area contributed by atoms with Crippen molar-refractivity contribution in [3.05, 3.63) is 23.9 Å². The highest BCUT2D eigenvalue weighted by Gasteiger charge is 2.21. The summed E-state index contributed by atoms with van der Waals surface area (Å²) < 4.78 is 4.99. The average Bonchev–Trinajstić information content (AvgIpc) is 2.44. The summed E-state index contributed by atoms with van der Waals surface area (Å²) >= 11 is 0. The average molecular weight is 295 g/mol. The van der Waals surface area contributed by atoms with Crippen LogP contribution in [0.3, 0.4) is 0 Å². The van der Waals surface area contributed by atoms with Gasteiger partial charge < -0.3 is 20.5 Å². The van der Waals surface area contributed by atoms with E-state index in [1.807, 2.05) is 13.8 Å². The van der Waals surface area contributed by atoms with Gasteiger partial charge in [-0.1, -0.05) is 13.8 Å². The number of rotatable bonds is 7. The van der Waals surface area contributed by atoms with Crippen LogP contribution < -0.4 is 15.4 Å². The van der Waals surface area contributed by atoms with E-state index in [0.29, 0.717) is 12.4 Å². The molecular weight excluding hydrogens is 274 g/mol. The second-order valence-electron chi connectivity index (χ2n) is 4.96. The molecular formula is C14H21N3O4. The number of hydrogen-bond donors (Lipinski definition) is 3. The predicted molar refractivity (Wildman–Crippen MR) is 77.0 cm³/mol. The number of carbonyl (C=O) groups excluding carboxylic acids is 1. The van der Waals surface area contributed by atoms with E-state index >= 15 is 0 Å². The van der Waals surface area contributed by atoms with Crippen molar-refractivity contribution in [2.24, 2.45) is 11.8 Å². The van der Waals surface area contributed by atoms with Gasteiger partial charge in [-0.15, -0.1) is 0 Å². The molecule has 1 aromatic rings. The number of methoxy groups -OCH3 is 1. The molecule has 7 heteroatoms. The first-order chi connectivity index (χ1) is 9.93. The first kappa shape index (κ1) is 16.7. The van der Waals surface area contributed by atoms with Crippen LogP contribution in [0.15, 0.2) is 18.3 Å². The van der Waals surface area contributed by atoms with Gasteiger partial charge in [-0.2, -0.15) is 0 Å². The summed E-state index contributed by atoms with van der Waals surface area (Å²) in [5.74, 6) is -1.09. The lowest BCUT2D eigenvalue weighted by Crippen LogP contribution is -2.41. The Morgan fingerprint density at radius 3 is 2.67 bits per heavy atom. The number of ether oxygens (including phenoxy) is 1. The standard InChI is InChI=1S/C14H21N3O4/c1-9(2)11(13(18)19)8-17-14(20)16-7-10-4-5-15-12(6-10)21-3/h4-6,9,11H,7-8H2,1-3H3,(H,18,19)(H2,16,17,20). The van der Waals surface area contributed by atoms with E-state index in [9.17, 15) is 9.59 Å². The van der Waals surface area contributed by atoms with Gasteiger partial charge >= 0.3 is 12.0 Å². The molecule has 3 N–H and O–H groups in total. The van der Waals surface area contributed by atoms with Crippen LogP contribution in [0.1, 0.15) is 19.4 Å². The van der Waals surface area contributed by atoms with Gasteiger partial charge in [0, 0.05) is 25.4 Å². The topological polar surface area (TPSA) is 101 Å². The molecule has 0 aliphatic carbocycles. The number of nitrogens with zero attached hydrogens (tertiary/aromatic N) is 1. The second-order valence-corrected chi connectivity index (χ2v) is 4.96. The summed E-state index contributed by atoms with van der Waals surface area (Å²) in [4.78, 5) is 26.6. The molecule has 2 amide bonds. The fourth-order valence-electron chi connectivity index (χ4n) is 1.73. The molecule has 0 aromatic carbocycles. The van der Waals surface area contributed by atoms with Gasteiger partial charge in [-0.25, -0.2) is 9.78 Å². The maximum absolute atomic E-state index is 11.7. The molecule has 0 spiro atoms. The van der Waals surface area contributed by atoms with Crippen molar-refractivity contribution < 1.29 is 19.4 Å². The zero-order valence-corrected chi connectivity index (χ0v) is 12.4. The van der Waals surface area contributed by atoms with Crippen molar-refractivity contribution in [2.45, 2.75) is 20.4 Å². The number of carboxylic acids is 1. The van der Waals surface area contributed by atoms with Crippen LogP contribution in [0.5, 0.6) is 5.88 Å². The Morgan fingerprint density at radius 2 is 2.10 bits per heavy atom. The van der Waals surface area contributed by atoms with Crippen LogP contribution in [-0.2, 0) is 11.3 Å². The molecule has 0 aliphatic rings. The summed E-state index contributed by atoms with van der Waals surface area (Å²) in [7, 11) is 1.52. The van der Waals surface area contributed by atoms with E-state index in [-0.39, 0.29) is 12.5 Å². The quantitative estimate of drug-likeness (QED) is 0.703. The van der Waals surface area contributed by atoms with Gasteiger partial charge in [-0.3, -0.25) is 4.79 Å². The molecule has 116 valence electrons. The summed E-state index contributed by atoms with van der Waals surface area (Å²) in [6, 6.07) is 3.07. The molecule has 1 rings (SSSR count). The summed E-state index contributed by atoms with van der Waals surface area (Å²) in [5, 5.41) is 14.3. The number of pyridine rings is 1.